The zero-order valence-electron chi connectivity index (χ0n) is 13.9. The highest BCUT2D eigenvalue weighted by Crippen LogP contribution is 2.32. The highest BCUT2D eigenvalue weighted by atomic mass is 32.1. The summed E-state index contributed by atoms with van der Waals surface area (Å²) in [5.74, 6) is 3.58. The van der Waals surface area contributed by atoms with Gasteiger partial charge in [-0.05, 0) is 19.4 Å². The predicted octanol–water partition coefficient (Wildman–Crippen LogP) is 1.71. The van der Waals surface area contributed by atoms with E-state index in [1.165, 1.54) is 4.88 Å². The van der Waals surface area contributed by atoms with Crippen molar-refractivity contribution in [2.75, 3.05) is 18.1 Å². The molecule has 4 heterocycles. The fourth-order valence-corrected chi connectivity index (χ4v) is 4.17. The number of aliphatic hydroxyl groups excluding tert-OH is 1. The SMILES string of the molecule is CCc1cc2c(N3CCn4c(CCO)nnc4C3)nc(C)nc2s1. The number of fused-ring (bicyclic) bond motifs is 2. The fourth-order valence-electron chi connectivity index (χ4n) is 3.16. The third-order valence-electron chi connectivity index (χ3n) is 4.35. The van der Waals surface area contributed by atoms with Crippen LogP contribution in [-0.4, -0.2) is 43.0 Å². The first-order chi connectivity index (χ1) is 11.7. The average molecular weight is 344 g/mol. The molecule has 0 saturated heterocycles. The van der Waals surface area contributed by atoms with Crippen LogP contribution in [0, 0.1) is 6.92 Å². The highest BCUT2D eigenvalue weighted by Gasteiger charge is 2.24. The summed E-state index contributed by atoms with van der Waals surface area (Å²) in [6, 6.07) is 2.21. The number of hydrogen-bond acceptors (Lipinski definition) is 7. The van der Waals surface area contributed by atoms with E-state index in [2.05, 4.69) is 37.6 Å². The summed E-state index contributed by atoms with van der Waals surface area (Å²) in [7, 11) is 0. The summed E-state index contributed by atoms with van der Waals surface area (Å²) in [6.07, 6.45) is 1.56. The van der Waals surface area contributed by atoms with Crippen molar-refractivity contribution in [1.82, 2.24) is 24.7 Å². The minimum absolute atomic E-state index is 0.0995. The third-order valence-corrected chi connectivity index (χ3v) is 5.52. The van der Waals surface area contributed by atoms with E-state index in [9.17, 15) is 0 Å². The van der Waals surface area contributed by atoms with Crippen molar-refractivity contribution in [2.24, 2.45) is 0 Å². The number of anilines is 1. The van der Waals surface area contributed by atoms with Crippen molar-refractivity contribution in [2.45, 2.75) is 39.8 Å². The molecule has 3 aromatic rings. The number of aryl methyl sites for hydroxylation is 2. The van der Waals surface area contributed by atoms with Gasteiger partial charge in [0.05, 0.1) is 18.5 Å². The zero-order chi connectivity index (χ0) is 16.7. The number of hydrogen-bond donors (Lipinski definition) is 1. The first kappa shape index (κ1) is 15.5. The Hall–Kier alpha value is -2.06. The summed E-state index contributed by atoms with van der Waals surface area (Å²) < 4.78 is 2.11. The smallest absolute Gasteiger partial charge is 0.152 e. The van der Waals surface area contributed by atoms with Crippen molar-refractivity contribution in [3.8, 4) is 0 Å². The van der Waals surface area contributed by atoms with Gasteiger partial charge in [0.2, 0.25) is 0 Å². The molecule has 4 rings (SSSR count). The molecule has 24 heavy (non-hydrogen) atoms. The summed E-state index contributed by atoms with van der Waals surface area (Å²) in [6.45, 7) is 6.56. The van der Waals surface area contributed by atoms with E-state index < -0.39 is 0 Å². The van der Waals surface area contributed by atoms with E-state index in [-0.39, 0.29) is 6.61 Å². The third kappa shape index (κ3) is 2.55. The molecule has 1 aliphatic rings. The van der Waals surface area contributed by atoms with Gasteiger partial charge in [-0.25, -0.2) is 9.97 Å². The second-order valence-corrected chi connectivity index (χ2v) is 7.07. The Morgan fingerprint density at radius 1 is 1.25 bits per heavy atom. The molecule has 3 aromatic heterocycles. The number of thiophene rings is 1. The van der Waals surface area contributed by atoms with E-state index in [1.54, 1.807) is 11.3 Å². The van der Waals surface area contributed by atoms with Gasteiger partial charge >= 0.3 is 0 Å². The molecule has 0 fully saturated rings. The maximum Gasteiger partial charge on any atom is 0.152 e. The van der Waals surface area contributed by atoms with E-state index in [0.29, 0.717) is 13.0 Å². The molecule has 0 saturated carbocycles. The van der Waals surface area contributed by atoms with Gasteiger partial charge in [-0.2, -0.15) is 0 Å². The Balaban J connectivity index is 1.71. The Labute approximate surface area is 144 Å². The zero-order valence-corrected chi connectivity index (χ0v) is 14.7. The number of rotatable bonds is 4. The van der Waals surface area contributed by atoms with E-state index in [0.717, 1.165) is 53.0 Å². The molecule has 0 radical (unpaired) electrons. The predicted molar refractivity (Wildman–Crippen MR) is 93.4 cm³/mol. The molecule has 1 aliphatic heterocycles. The molecule has 0 unspecified atom stereocenters. The summed E-state index contributed by atoms with van der Waals surface area (Å²) >= 11 is 1.75. The Kier molecular flexibility index (Phi) is 3.93. The van der Waals surface area contributed by atoms with Crippen LogP contribution in [0.3, 0.4) is 0 Å². The van der Waals surface area contributed by atoms with Crippen molar-refractivity contribution >= 4 is 27.4 Å². The van der Waals surface area contributed by atoms with Crippen LogP contribution in [-0.2, 0) is 25.9 Å². The quantitative estimate of drug-likeness (QED) is 0.776. The van der Waals surface area contributed by atoms with Crippen LogP contribution in [0.4, 0.5) is 5.82 Å². The van der Waals surface area contributed by atoms with Crippen LogP contribution >= 0.6 is 11.3 Å². The van der Waals surface area contributed by atoms with Crippen molar-refractivity contribution in [1.29, 1.82) is 0 Å². The van der Waals surface area contributed by atoms with Crippen molar-refractivity contribution in [3.05, 3.63) is 28.4 Å². The lowest BCUT2D eigenvalue weighted by molar-refractivity contribution is 0.294. The summed E-state index contributed by atoms with van der Waals surface area (Å²) in [5.41, 5.74) is 0. The van der Waals surface area contributed by atoms with Crippen molar-refractivity contribution in [3.63, 3.8) is 0 Å². The Bertz CT molecular complexity index is 886. The molecule has 7 nitrogen and oxygen atoms in total. The van der Waals surface area contributed by atoms with Crippen LogP contribution in [0.25, 0.3) is 10.2 Å². The van der Waals surface area contributed by atoms with Gasteiger partial charge in [0.15, 0.2) is 5.82 Å². The molecular formula is C16H20N6OS. The largest absolute Gasteiger partial charge is 0.396 e. The Morgan fingerprint density at radius 3 is 2.92 bits per heavy atom. The van der Waals surface area contributed by atoms with Gasteiger partial charge in [0.1, 0.15) is 22.3 Å². The van der Waals surface area contributed by atoms with E-state index in [4.69, 9.17) is 10.1 Å². The Morgan fingerprint density at radius 2 is 2.12 bits per heavy atom. The van der Waals surface area contributed by atoms with E-state index in [1.807, 2.05) is 6.92 Å². The van der Waals surface area contributed by atoms with Gasteiger partial charge < -0.3 is 14.6 Å². The molecule has 0 bridgehead atoms. The molecule has 0 aromatic carbocycles. The van der Waals surface area contributed by atoms with Crippen molar-refractivity contribution < 1.29 is 5.11 Å². The van der Waals surface area contributed by atoms with Crippen LogP contribution in [0.15, 0.2) is 6.07 Å². The van der Waals surface area contributed by atoms with Gasteiger partial charge in [0.25, 0.3) is 0 Å². The molecule has 0 spiro atoms. The van der Waals surface area contributed by atoms with Crippen LogP contribution < -0.4 is 4.90 Å². The van der Waals surface area contributed by atoms with Gasteiger partial charge in [0, 0.05) is 24.4 Å². The molecular weight excluding hydrogens is 324 g/mol. The van der Waals surface area contributed by atoms with E-state index >= 15 is 0 Å². The number of aliphatic hydroxyl groups is 1. The second kappa shape index (κ2) is 6.10. The fraction of sp³-hybridized carbons (Fsp3) is 0.500. The lowest BCUT2D eigenvalue weighted by Crippen LogP contribution is -2.35. The van der Waals surface area contributed by atoms with Crippen LogP contribution in [0.5, 0.6) is 0 Å². The first-order valence-electron chi connectivity index (χ1n) is 8.23. The summed E-state index contributed by atoms with van der Waals surface area (Å²) in [4.78, 5) is 14.0. The topological polar surface area (TPSA) is 80.0 Å². The number of aromatic nitrogens is 5. The van der Waals surface area contributed by atoms with Crippen LogP contribution in [0.2, 0.25) is 0 Å². The highest BCUT2D eigenvalue weighted by molar-refractivity contribution is 7.18. The average Bonchev–Trinajstić information content (AvgIpc) is 3.18. The minimum atomic E-state index is 0.0995. The molecule has 0 aliphatic carbocycles. The second-order valence-electron chi connectivity index (χ2n) is 5.96. The maximum atomic E-state index is 9.14. The standard InChI is InChI=1S/C16H20N6OS/c1-3-11-8-12-15(17-10(2)18-16(12)24-11)21-5-6-22-13(4-7-23)19-20-14(22)9-21/h8,23H,3-7,9H2,1-2H3. The lowest BCUT2D eigenvalue weighted by atomic mass is 10.2. The van der Waals surface area contributed by atoms with Gasteiger partial charge in [-0.3, -0.25) is 0 Å². The first-order valence-corrected chi connectivity index (χ1v) is 9.05. The van der Waals surface area contributed by atoms with Gasteiger partial charge in [-0.15, -0.1) is 21.5 Å². The minimum Gasteiger partial charge on any atom is -0.396 e. The molecule has 8 heteroatoms. The lowest BCUT2D eigenvalue weighted by Gasteiger charge is -2.29. The number of nitrogens with zero attached hydrogens (tertiary/aromatic N) is 6. The van der Waals surface area contributed by atoms with Gasteiger partial charge in [-0.1, -0.05) is 6.92 Å². The molecule has 0 amide bonds. The molecule has 126 valence electrons. The molecule has 1 N–H and O–H groups in total. The maximum absolute atomic E-state index is 9.14. The monoisotopic (exact) mass is 344 g/mol. The summed E-state index contributed by atoms with van der Waals surface area (Å²) in [5, 5.41) is 18.8. The van der Waals surface area contributed by atoms with Crippen LogP contribution in [0.1, 0.15) is 29.3 Å². The molecule has 0 atom stereocenters. The normalized spacial score (nSPS) is 14.4.